The van der Waals surface area contributed by atoms with Crippen LogP contribution in [-0.4, -0.2) is 30.4 Å². The summed E-state index contributed by atoms with van der Waals surface area (Å²) in [6, 6.07) is 11.6. The lowest BCUT2D eigenvalue weighted by atomic mass is 10.2. The predicted octanol–water partition coefficient (Wildman–Crippen LogP) is 3.50. The van der Waals surface area contributed by atoms with Crippen LogP contribution in [0.15, 0.2) is 42.5 Å². The quantitative estimate of drug-likeness (QED) is 0.436. The van der Waals surface area contributed by atoms with Crippen LogP contribution in [0.4, 0.5) is 5.69 Å². The number of benzene rings is 2. The number of hydrogen-bond donors (Lipinski definition) is 2. The minimum atomic E-state index is -0.369. The van der Waals surface area contributed by atoms with Crippen LogP contribution in [-0.2, 0) is 4.74 Å². The number of ether oxygens (including phenoxy) is 3. The van der Waals surface area contributed by atoms with Gasteiger partial charge in [0.1, 0.15) is 0 Å². The average molecular weight is 400 g/mol. The number of anilines is 1. The highest BCUT2D eigenvalue weighted by molar-refractivity contribution is 7.80. The van der Waals surface area contributed by atoms with Gasteiger partial charge in [-0.05, 0) is 61.1 Å². The summed E-state index contributed by atoms with van der Waals surface area (Å²) < 4.78 is 15.6. The molecule has 2 aromatic carbocycles. The van der Waals surface area contributed by atoms with E-state index in [4.69, 9.17) is 26.4 Å². The maximum Gasteiger partial charge on any atom is 0.338 e. The van der Waals surface area contributed by atoms with Crippen LogP contribution < -0.4 is 20.1 Å². The molecule has 1 amide bonds. The summed E-state index contributed by atoms with van der Waals surface area (Å²) in [5.74, 6) is 0.393. The van der Waals surface area contributed by atoms with Crippen molar-refractivity contribution in [2.24, 2.45) is 0 Å². The molecule has 2 N–H and O–H groups in total. The number of thiocarbonyl (C=S) groups is 1. The molecule has 28 heavy (non-hydrogen) atoms. The molecule has 1 aliphatic heterocycles. The molecule has 2 aromatic rings. The predicted molar refractivity (Wildman–Crippen MR) is 108 cm³/mol. The summed E-state index contributed by atoms with van der Waals surface area (Å²) in [4.78, 5) is 24.2. The average Bonchev–Trinajstić information content (AvgIpc) is 3.16. The van der Waals surface area contributed by atoms with E-state index in [0.29, 0.717) is 34.9 Å². The molecule has 0 radical (unpaired) electrons. The largest absolute Gasteiger partial charge is 0.462 e. The monoisotopic (exact) mass is 400 g/mol. The van der Waals surface area contributed by atoms with Crippen LogP contribution in [0.1, 0.15) is 40.5 Å². The van der Waals surface area contributed by atoms with Gasteiger partial charge in [0, 0.05) is 11.3 Å². The van der Waals surface area contributed by atoms with Crippen molar-refractivity contribution in [3.63, 3.8) is 0 Å². The zero-order valence-corrected chi connectivity index (χ0v) is 16.1. The van der Waals surface area contributed by atoms with Crippen molar-refractivity contribution in [2.75, 3.05) is 18.7 Å². The van der Waals surface area contributed by atoms with E-state index in [1.807, 2.05) is 6.92 Å². The Bertz CT molecular complexity index is 883. The number of amides is 1. The Hall–Kier alpha value is -3.13. The molecule has 1 aliphatic rings. The first kappa shape index (κ1) is 19.6. The van der Waals surface area contributed by atoms with Crippen LogP contribution in [0.5, 0.6) is 11.5 Å². The second-order valence-electron chi connectivity index (χ2n) is 6.04. The maximum atomic E-state index is 12.3. The number of unbranched alkanes of at least 4 members (excludes halogenated alkanes) is 1. The highest BCUT2D eigenvalue weighted by Gasteiger charge is 2.17. The molecule has 0 saturated heterocycles. The molecule has 0 fully saturated rings. The van der Waals surface area contributed by atoms with Crippen LogP contribution in [0.2, 0.25) is 0 Å². The summed E-state index contributed by atoms with van der Waals surface area (Å²) in [6.07, 6.45) is 1.80. The van der Waals surface area contributed by atoms with Gasteiger partial charge in [-0.25, -0.2) is 4.79 Å². The zero-order valence-electron chi connectivity index (χ0n) is 15.3. The molecule has 0 aliphatic carbocycles. The fraction of sp³-hybridized carbons (Fsp3) is 0.250. The van der Waals surface area contributed by atoms with Gasteiger partial charge in [0.2, 0.25) is 6.79 Å². The summed E-state index contributed by atoms with van der Waals surface area (Å²) >= 11 is 5.18. The lowest BCUT2D eigenvalue weighted by molar-refractivity contribution is 0.0499. The van der Waals surface area contributed by atoms with Crippen molar-refractivity contribution in [1.82, 2.24) is 5.32 Å². The van der Waals surface area contributed by atoms with E-state index in [-0.39, 0.29) is 23.8 Å². The molecule has 0 atom stereocenters. The van der Waals surface area contributed by atoms with Gasteiger partial charge in [0.25, 0.3) is 5.91 Å². The van der Waals surface area contributed by atoms with Gasteiger partial charge in [-0.1, -0.05) is 13.3 Å². The number of rotatable bonds is 6. The molecular formula is C20H20N2O5S. The van der Waals surface area contributed by atoms with Crippen molar-refractivity contribution in [1.29, 1.82) is 0 Å². The Labute approximate surface area is 168 Å². The number of nitrogens with one attached hydrogen (secondary N) is 2. The molecule has 0 aromatic heterocycles. The lowest BCUT2D eigenvalue weighted by Crippen LogP contribution is -2.34. The zero-order chi connectivity index (χ0) is 19.9. The molecule has 1 heterocycles. The molecular weight excluding hydrogens is 380 g/mol. The van der Waals surface area contributed by atoms with Crippen molar-refractivity contribution in [2.45, 2.75) is 19.8 Å². The molecule has 146 valence electrons. The molecule has 8 heteroatoms. The number of esters is 1. The standard InChI is InChI=1S/C20H20N2O5S/c1-2-3-10-25-19(24)13-4-7-15(8-5-13)21-20(28)22-18(23)14-6-9-16-17(11-14)27-12-26-16/h4-9,11H,2-3,10,12H2,1H3,(H2,21,22,23,28). The van der Waals surface area contributed by atoms with E-state index in [2.05, 4.69) is 10.6 Å². The Kier molecular flexibility index (Phi) is 6.44. The first-order valence-electron chi connectivity index (χ1n) is 8.86. The summed E-state index contributed by atoms with van der Waals surface area (Å²) in [5, 5.41) is 5.65. The minimum Gasteiger partial charge on any atom is -0.462 e. The Balaban J connectivity index is 1.53. The van der Waals surface area contributed by atoms with Crippen molar-refractivity contribution < 1.29 is 23.8 Å². The lowest BCUT2D eigenvalue weighted by Gasteiger charge is -2.10. The maximum absolute atomic E-state index is 12.3. The smallest absolute Gasteiger partial charge is 0.338 e. The number of carbonyl (C=O) groups excluding carboxylic acids is 2. The second-order valence-corrected chi connectivity index (χ2v) is 6.45. The number of fused-ring (bicyclic) bond motifs is 1. The summed E-state index contributed by atoms with van der Waals surface area (Å²) in [5.41, 5.74) is 1.50. The molecule has 3 rings (SSSR count). The van der Waals surface area contributed by atoms with Gasteiger partial charge in [-0.2, -0.15) is 0 Å². The van der Waals surface area contributed by atoms with Crippen molar-refractivity contribution in [3.05, 3.63) is 53.6 Å². The van der Waals surface area contributed by atoms with E-state index < -0.39 is 0 Å². The molecule has 0 saturated carbocycles. The van der Waals surface area contributed by atoms with Gasteiger partial charge < -0.3 is 19.5 Å². The van der Waals surface area contributed by atoms with E-state index in [1.165, 1.54) is 0 Å². The van der Waals surface area contributed by atoms with Gasteiger partial charge in [-0.3, -0.25) is 10.1 Å². The van der Waals surface area contributed by atoms with E-state index in [9.17, 15) is 9.59 Å². The van der Waals surface area contributed by atoms with E-state index in [1.54, 1.807) is 42.5 Å². The van der Waals surface area contributed by atoms with Gasteiger partial charge in [-0.15, -0.1) is 0 Å². The Morgan fingerprint density at radius 3 is 2.54 bits per heavy atom. The van der Waals surface area contributed by atoms with Crippen molar-refractivity contribution in [3.8, 4) is 11.5 Å². The van der Waals surface area contributed by atoms with Gasteiger partial charge >= 0.3 is 5.97 Å². The van der Waals surface area contributed by atoms with E-state index in [0.717, 1.165) is 12.8 Å². The summed E-state index contributed by atoms with van der Waals surface area (Å²) in [6.45, 7) is 2.58. The summed E-state index contributed by atoms with van der Waals surface area (Å²) in [7, 11) is 0. The minimum absolute atomic E-state index is 0.140. The topological polar surface area (TPSA) is 85.9 Å². The van der Waals surface area contributed by atoms with Crippen LogP contribution >= 0.6 is 12.2 Å². The highest BCUT2D eigenvalue weighted by Crippen LogP contribution is 2.32. The van der Waals surface area contributed by atoms with Crippen LogP contribution in [0, 0.1) is 0 Å². The van der Waals surface area contributed by atoms with E-state index >= 15 is 0 Å². The Morgan fingerprint density at radius 2 is 1.79 bits per heavy atom. The highest BCUT2D eigenvalue weighted by atomic mass is 32.1. The third kappa shape index (κ3) is 4.98. The van der Waals surface area contributed by atoms with Gasteiger partial charge in [0.15, 0.2) is 16.6 Å². The molecule has 7 nitrogen and oxygen atoms in total. The number of carbonyl (C=O) groups is 2. The Morgan fingerprint density at radius 1 is 1.07 bits per heavy atom. The first-order valence-corrected chi connectivity index (χ1v) is 9.27. The second kappa shape index (κ2) is 9.18. The fourth-order valence-corrected chi connectivity index (χ4v) is 2.67. The SMILES string of the molecule is CCCCOC(=O)c1ccc(NC(=S)NC(=O)c2ccc3c(c2)OCO3)cc1. The molecule has 0 spiro atoms. The fourth-order valence-electron chi connectivity index (χ4n) is 2.46. The van der Waals surface area contributed by atoms with Crippen molar-refractivity contribution >= 4 is 34.9 Å². The molecule has 0 unspecified atom stereocenters. The van der Waals surface area contributed by atoms with Crippen LogP contribution in [0.25, 0.3) is 0 Å². The number of hydrogen-bond acceptors (Lipinski definition) is 6. The third-order valence-corrected chi connectivity index (χ3v) is 4.18. The molecule has 0 bridgehead atoms. The van der Waals surface area contributed by atoms with Gasteiger partial charge in [0.05, 0.1) is 12.2 Å². The van der Waals surface area contributed by atoms with Crippen LogP contribution in [0.3, 0.4) is 0 Å². The third-order valence-electron chi connectivity index (χ3n) is 3.97. The first-order chi connectivity index (χ1) is 13.6. The normalized spacial score (nSPS) is 11.6.